The van der Waals surface area contributed by atoms with Crippen molar-refractivity contribution in [3.63, 3.8) is 0 Å². The van der Waals surface area contributed by atoms with Gasteiger partial charge in [-0.05, 0) is 41.1 Å². The molecule has 174 valence electrons. The number of pyridine rings is 2. The summed E-state index contributed by atoms with van der Waals surface area (Å²) in [5, 5.41) is 12.1. The van der Waals surface area contributed by atoms with Crippen LogP contribution < -0.4 is 10.6 Å². The van der Waals surface area contributed by atoms with Crippen molar-refractivity contribution < 1.29 is 27.5 Å². The van der Waals surface area contributed by atoms with Crippen LogP contribution in [0.3, 0.4) is 0 Å². The van der Waals surface area contributed by atoms with Gasteiger partial charge in [0.15, 0.2) is 11.5 Å². The van der Waals surface area contributed by atoms with Crippen LogP contribution in [0.2, 0.25) is 5.15 Å². The van der Waals surface area contributed by atoms with Crippen molar-refractivity contribution in [2.24, 2.45) is 7.05 Å². The number of amides is 2. The first-order chi connectivity index (χ1) is 15.5. The highest BCUT2D eigenvalue weighted by Crippen LogP contribution is 2.28. The molecule has 2 amide bonds. The summed E-state index contributed by atoms with van der Waals surface area (Å²) in [4.78, 5) is 31.4. The summed E-state index contributed by atoms with van der Waals surface area (Å²) in [5.41, 5.74) is 0.601. The molecule has 1 unspecified atom stereocenters. The third-order valence-corrected chi connectivity index (χ3v) is 4.87. The van der Waals surface area contributed by atoms with Crippen LogP contribution >= 0.6 is 27.5 Å². The lowest BCUT2D eigenvalue weighted by Crippen LogP contribution is -2.29. The zero-order valence-corrected chi connectivity index (χ0v) is 19.2. The zero-order chi connectivity index (χ0) is 24.3. The molecule has 1 atom stereocenters. The highest BCUT2D eigenvalue weighted by molar-refractivity contribution is 9.10. The Kier molecular flexibility index (Phi) is 7.17. The number of hydrogen-bond acceptors (Lipinski definition) is 7. The number of anilines is 2. The first kappa shape index (κ1) is 24.4. The van der Waals surface area contributed by atoms with Gasteiger partial charge in [-0.2, -0.15) is 13.2 Å². The standard InChI is InChI=1S/C18H14BrClF3N7O3/c1-8(11-5-9(19)6-25-14(11)20)33-17(32)27-15-13(28-29-30(15)2)12-4-3-10(7-24-12)26-16(31)18(21,22)23/h3-8H,1-2H3,(H,26,31)(H,27,32). The van der Waals surface area contributed by atoms with E-state index in [0.29, 0.717) is 10.0 Å². The Balaban J connectivity index is 1.74. The van der Waals surface area contributed by atoms with Gasteiger partial charge >= 0.3 is 18.2 Å². The van der Waals surface area contributed by atoms with E-state index in [1.54, 1.807) is 18.3 Å². The Bertz CT molecular complexity index is 1190. The van der Waals surface area contributed by atoms with Crippen molar-refractivity contribution in [3.8, 4) is 11.4 Å². The summed E-state index contributed by atoms with van der Waals surface area (Å²) in [6.07, 6.45) is -4.12. The minimum absolute atomic E-state index is 0.116. The quantitative estimate of drug-likeness (QED) is 0.450. The summed E-state index contributed by atoms with van der Waals surface area (Å²) in [6, 6.07) is 4.17. The van der Waals surface area contributed by atoms with E-state index in [2.05, 4.69) is 41.5 Å². The molecular formula is C18H14BrClF3N7O3. The lowest BCUT2D eigenvalue weighted by atomic mass is 10.2. The molecule has 0 aliphatic rings. The fourth-order valence-corrected chi connectivity index (χ4v) is 3.16. The van der Waals surface area contributed by atoms with Crippen molar-refractivity contribution in [1.82, 2.24) is 25.0 Å². The molecule has 0 saturated carbocycles. The Labute approximate surface area is 197 Å². The fourth-order valence-electron chi connectivity index (χ4n) is 2.55. The Morgan fingerprint density at radius 3 is 2.58 bits per heavy atom. The molecule has 0 aromatic carbocycles. The molecule has 0 saturated heterocycles. The summed E-state index contributed by atoms with van der Waals surface area (Å²) < 4.78 is 44.4. The smallest absolute Gasteiger partial charge is 0.441 e. The van der Waals surface area contributed by atoms with E-state index in [9.17, 15) is 22.8 Å². The maximum absolute atomic E-state index is 12.4. The number of ether oxygens (including phenoxy) is 1. The number of carbonyl (C=O) groups excluding carboxylic acids is 2. The molecule has 0 bridgehead atoms. The lowest BCUT2D eigenvalue weighted by molar-refractivity contribution is -0.167. The van der Waals surface area contributed by atoms with Gasteiger partial charge in [0.25, 0.3) is 0 Å². The number of carbonyl (C=O) groups is 2. The Morgan fingerprint density at radius 1 is 1.21 bits per heavy atom. The van der Waals surface area contributed by atoms with Gasteiger partial charge in [-0.1, -0.05) is 16.8 Å². The Morgan fingerprint density at radius 2 is 1.94 bits per heavy atom. The van der Waals surface area contributed by atoms with Crippen LogP contribution in [0, 0.1) is 0 Å². The predicted octanol–water partition coefficient (Wildman–Crippen LogP) is 4.50. The largest absolute Gasteiger partial charge is 0.471 e. The molecular weight excluding hydrogens is 535 g/mol. The summed E-state index contributed by atoms with van der Waals surface area (Å²) in [7, 11) is 1.50. The van der Waals surface area contributed by atoms with E-state index in [1.807, 2.05) is 0 Å². The Hall–Kier alpha value is -3.26. The van der Waals surface area contributed by atoms with Gasteiger partial charge in [-0.3, -0.25) is 15.1 Å². The average Bonchev–Trinajstić information content (AvgIpc) is 3.09. The SMILES string of the molecule is CC(OC(=O)Nc1c(-c2ccc(NC(=O)C(F)(F)F)cn2)nnn1C)c1cc(Br)cnc1Cl. The number of alkyl halides is 3. The molecule has 33 heavy (non-hydrogen) atoms. The second-order valence-electron chi connectivity index (χ2n) is 6.50. The van der Waals surface area contributed by atoms with Crippen LogP contribution in [0.25, 0.3) is 11.4 Å². The summed E-state index contributed by atoms with van der Waals surface area (Å²) in [5.74, 6) is -2.01. The molecule has 2 N–H and O–H groups in total. The average molecular weight is 549 g/mol. The zero-order valence-electron chi connectivity index (χ0n) is 16.8. The van der Waals surface area contributed by atoms with E-state index in [-0.39, 0.29) is 28.0 Å². The third-order valence-electron chi connectivity index (χ3n) is 4.12. The van der Waals surface area contributed by atoms with E-state index < -0.39 is 24.3 Å². The maximum Gasteiger partial charge on any atom is 0.471 e. The highest BCUT2D eigenvalue weighted by Gasteiger charge is 2.38. The molecule has 0 fully saturated rings. The number of nitrogens with one attached hydrogen (secondary N) is 2. The second kappa shape index (κ2) is 9.70. The van der Waals surface area contributed by atoms with Gasteiger partial charge in [0, 0.05) is 23.3 Å². The van der Waals surface area contributed by atoms with E-state index in [1.165, 1.54) is 30.1 Å². The molecule has 0 aliphatic heterocycles. The van der Waals surface area contributed by atoms with Crippen LogP contribution in [0.4, 0.5) is 29.5 Å². The van der Waals surface area contributed by atoms with Crippen molar-refractivity contribution in [2.75, 3.05) is 10.6 Å². The molecule has 3 aromatic heterocycles. The number of nitrogens with zero attached hydrogens (tertiary/aromatic N) is 5. The fraction of sp³-hybridized carbons (Fsp3) is 0.222. The second-order valence-corrected chi connectivity index (χ2v) is 7.77. The van der Waals surface area contributed by atoms with Crippen molar-refractivity contribution in [1.29, 1.82) is 0 Å². The van der Waals surface area contributed by atoms with Gasteiger partial charge in [-0.25, -0.2) is 14.5 Å². The van der Waals surface area contributed by atoms with Crippen molar-refractivity contribution >= 4 is 51.0 Å². The normalized spacial score (nSPS) is 12.2. The topological polar surface area (TPSA) is 124 Å². The molecule has 3 rings (SSSR count). The molecule has 0 aliphatic carbocycles. The summed E-state index contributed by atoms with van der Waals surface area (Å²) in [6.45, 7) is 1.60. The number of hydrogen-bond donors (Lipinski definition) is 2. The minimum atomic E-state index is -5.03. The monoisotopic (exact) mass is 547 g/mol. The molecule has 3 aromatic rings. The van der Waals surface area contributed by atoms with Crippen molar-refractivity contribution in [2.45, 2.75) is 19.2 Å². The first-order valence-electron chi connectivity index (χ1n) is 8.98. The number of aromatic nitrogens is 5. The van der Waals surface area contributed by atoms with Crippen LogP contribution in [0.1, 0.15) is 18.6 Å². The van der Waals surface area contributed by atoms with Crippen LogP contribution in [-0.2, 0) is 16.6 Å². The number of rotatable bonds is 5. The lowest BCUT2D eigenvalue weighted by Gasteiger charge is -2.15. The molecule has 3 heterocycles. The van der Waals surface area contributed by atoms with Crippen molar-refractivity contribution in [3.05, 3.63) is 45.8 Å². The predicted molar refractivity (Wildman–Crippen MR) is 114 cm³/mol. The minimum Gasteiger partial charge on any atom is -0.441 e. The van der Waals surface area contributed by atoms with Crippen LogP contribution in [-0.4, -0.2) is 43.1 Å². The summed E-state index contributed by atoms with van der Waals surface area (Å²) >= 11 is 9.32. The van der Waals surface area contributed by atoms with E-state index in [4.69, 9.17) is 16.3 Å². The molecule has 0 radical (unpaired) electrons. The highest BCUT2D eigenvalue weighted by atomic mass is 79.9. The van der Waals surface area contributed by atoms with Gasteiger partial charge in [0.05, 0.1) is 17.6 Å². The van der Waals surface area contributed by atoms with Gasteiger partial charge in [0.2, 0.25) is 0 Å². The third kappa shape index (κ3) is 5.96. The molecule has 0 spiro atoms. The first-order valence-corrected chi connectivity index (χ1v) is 10.2. The van der Waals surface area contributed by atoms with Crippen LogP contribution in [0.5, 0.6) is 0 Å². The van der Waals surface area contributed by atoms with Gasteiger partial charge in [-0.15, -0.1) is 5.10 Å². The van der Waals surface area contributed by atoms with E-state index in [0.717, 1.165) is 6.20 Å². The van der Waals surface area contributed by atoms with Crippen LogP contribution in [0.15, 0.2) is 35.1 Å². The van der Waals surface area contributed by atoms with E-state index >= 15 is 0 Å². The van der Waals surface area contributed by atoms with Gasteiger partial charge in [0.1, 0.15) is 11.3 Å². The molecule has 10 nitrogen and oxygen atoms in total. The maximum atomic E-state index is 12.4. The number of halogens is 5. The van der Waals surface area contributed by atoms with Gasteiger partial charge < -0.3 is 10.1 Å². The molecule has 15 heteroatoms. The number of aryl methyl sites for hydroxylation is 1.